The van der Waals surface area contributed by atoms with E-state index in [4.69, 9.17) is 10.2 Å². The largest absolute Gasteiger partial charge is 0.449 e. The lowest BCUT2D eigenvalue weighted by atomic mass is 10.1. The molecule has 0 bridgehead atoms. The molecule has 2 aromatic rings. The molecule has 2 N–H and O–H groups in total. The van der Waals surface area contributed by atoms with Crippen molar-refractivity contribution >= 4 is 26.9 Å². The van der Waals surface area contributed by atoms with Gasteiger partial charge < -0.3 is 10.2 Å². The topological polar surface area (TPSA) is 39.2 Å². The summed E-state index contributed by atoms with van der Waals surface area (Å²) in [7, 11) is 0. The van der Waals surface area contributed by atoms with E-state index in [1.165, 1.54) is 0 Å². The zero-order chi connectivity index (χ0) is 9.26. The van der Waals surface area contributed by atoms with Gasteiger partial charge in [-0.1, -0.05) is 18.2 Å². The van der Waals surface area contributed by atoms with Crippen molar-refractivity contribution in [1.29, 1.82) is 0 Å². The van der Waals surface area contributed by atoms with Gasteiger partial charge in [0.05, 0.1) is 0 Å². The maximum atomic E-state index is 5.52. The molecule has 1 aromatic carbocycles. The van der Waals surface area contributed by atoms with Crippen LogP contribution in [0.1, 0.15) is 5.56 Å². The zero-order valence-corrected chi connectivity index (χ0v) is 8.67. The van der Waals surface area contributed by atoms with Crippen molar-refractivity contribution in [3.8, 4) is 0 Å². The van der Waals surface area contributed by atoms with Gasteiger partial charge in [0.2, 0.25) is 0 Å². The highest BCUT2D eigenvalue weighted by Gasteiger charge is 2.09. The molecule has 2 rings (SSSR count). The van der Waals surface area contributed by atoms with E-state index >= 15 is 0 Å². The van der Waals surface area contributed by atoms with Crippen LogP contribution in [0.25, 0.3) is 11.0 Å². The predicted octanol–water partition coefficient (Wildman–Crippen LogP) is 2.70. The lowest BCUT2D eigenvalue weighted by molar-refractivity contribution is 0.581. The van der Waals surface area contributed by atoms with E-state index in [0.29, 0.717) is 6.54 Å². The van der Waals surface area contributed by atoms with Crippen molar-refractivity contribution in [1.82, 2.24) is 0 Å². The van der Waals surface area contributed by atoms with Gasteiger partial charge in [0.1, 0.15) is 5.58 Å². The Balaban J connectivity index is 2.64. The van der Waals surface area contributed by atoms with Crippen LogP contribution in [-0.4, -0.2) is 6.54 Å². The smallest absolute Gasteiger partial charge is 0.173 e. The number of halogens is 1. The number of fused-ring (bicyclic) bond motifs is 1. The maximum absolute atomic E-state index is 5.52. The predicted molar refractivity (Wildman–Crippen MR) is 56.7 cm³/mol. The molecule has 2 nitrogen and oxygen atoms in total. The monoisotopic (exact) mass is 239 g/mol. The fourth-order valence-corrected chi connectivity index (χ4v) is 2.03. The average molecular weight is 240 g/mol. The van der Waals surface area contributed by atoms with E-state index in [2.05, 4.69) is 22.0 Å². The Morgan fingerprint density at radius 1 is 1.31 bits per heavy atom. The lowest BCUT2D eigenvalue weighted by Crippen LogP contribution is -2.02. The van der Waals surface area contributed by atoms with Crippen molar-refractivity contribution in [2.75, 3.05) is 6.54 Å². The van der Waals surface area contributed by atoms with Crippen LogP contribution in [0, 0.1) is 0 Å². The van der Waals surface area contributed by atoms with Crippen LogP contribution in [0.2, 0.25) is 0 Å². The van der Waals surface area contributed by atoms with E-state index in [-0.39, 0.29) is 0 Å². The van der Waals surface area contributed by atoms with Gasteiger partial charge >= 0.3 is 0 Å². The molecule has 0 amide bonds. The van der Waals surface area contributed by atoms with E-state index in [1.807, 2.05) is 18.2 Å². The van der Waals surface area contributed by atoms with Gasteiger partial charge in [0.15, 0.2) is 4.67 Å². The van der Waals surface area contributed by atoms with Crippen LogP contribution in [0.3, 0.4) is 0 Å². The molecule has 0 atom stereocenters. The number of hydrogen-bond acceptors (Lipinski definition) is 2. The van der Waals surface area contributed by atoms with Crippen molar-refractivity contribution < 1.29 is 4.42 Å². The van der Waals surface area contributed by atoms with Gasteiger partial charge in [-0.2, -0.15) is 0 Å². The number of benzene rings is 1. The molecular weight excluding hydrogens is 230 g/mol. The Morgan fingerprint density at radius 3 is 2.85 bits per heavy atom. The van der Waals surface area contributed by atoms with Gasteiger partial charge in [-0.15, -0.1) is 0 Å². The van der Waals surface area contributed by atoms with E-state index in [0.717, 1.165) is 27.6 Å². The molecule has 68 valence electrons. The minimum absolute atomic E-state index is 0.641. The van der Waals surface area contributed by atoms with Crippen molar-refractivity contribution in [2.24, 2.45) is 5.73 Å². The summed E-state index contributed by atoms with van der Waals surface area (Å²) in [5.41, 5.74) is 7.60. The van der Waals surface area contributed by atoms with Crippen LogP contribution in [-0.2, 0) is 6.42 Å². The SMILES string of the molecule is NCCc1c(Br)oc2ccccc12. The molecule has 1 aromatic heterocycles. The van der Waals surface area contributed by atoms with Crippen LogP contribution in [0.5, 0.6) is 0 Å². The summed E-state index contributed by atoms with van der Waals surface area (Å²) in [6.45, 7) is 0.641. The normalized spacial score (nSPS) is 10.9. The molecular formula is C10H10BrNO. The summed E-state index contributed by atoms with van der Waals surface area (Å²) in [5.74, 6) is 0. The third-order valence-corrected chi connectivity index (χ3v) is 2.68. The molecule has 0 aliphatic carbocycles. The molecule has 13 heavy (non-hydrogen) atoms. The van der Waals surface area contributed by atoms with Crippen LogP contribution in [0.15, 0.2) is 33.4 Å². The molecule has 0 aliphatic heterocycles. The zero-order valence-electron chi connectivity index (χ0n) is 7.09. The molecule has 0 saturated carbocycles. The minimum atomic E-state index is 0.641. The van der Waals surface area contributed by atoms with E-state index in [9.17, 15) is 0 Å². The summed E-state index contributed by atoms with van der Waals surface area (Å²) < 4.78 is 6.32. The Labute approximate surface area is 84.8 Å². The highest BCUT2D eigenvalue weighted by atomic mass is 79.9. The van der Waals surface area contributed by atoms with E-state index in [1.54, 1.807) is 0 Å². The molecule has 0 aliphatic rings. The molecule has 0 fully saturated rings. The van der Waals surface area contributed by atoms with Crippen molar-refractivity contribution in [2.45, 2.75) is 6.42 Å². The number of rotatable bonds is 2. The molecule has 1 heterocycles. The Morgan fingerprint density at radius 2 is 2.08 bits per heavy atom. The lowest BCUT2D eigenvalue weighted by Gasteiger charge is -1.93. The highest BCUT2D eigenvalue weighted by molar-refractivity contribution is 9.10. The number of furan rings is 1. The summed E-state index contributed by atoms with van der Waals surface area (Å²) in [4.78, 5) is 0. The Bertz CT molecular complexity index is 422. The summed E-state index contributed by atoms with van der Waals surface area (Å²) in [6.07, 6.45) is 0.845. The molecule has 0 spiro atoms. The van der Waals surface area contributed by atoms with Crippen LogP contribution in [0.4, 0.5) is 0 Å². The average Bonchev–Trinajstić information content (AvgIpc) is 2.44. The summed E-state index contributed by atoms with van der Waals surface area (Å²) >= 11 is 3.39. The minimum Gasteiger partial charge on any atom is -0.449 e. The number of hydrogen-bond donors (Lipinski definition) is 1. The standard InChI is InChI=1S/C10H10BrNO/c11-10-8(5-6-12)7-3-1-2-4-9(7)13-10/h1-4H,5-6,12H2. The Kier molecular flexibility index (Phi) is 2.38. The molecule has 0 radical (unpaired) electrons. The Hall–Kier alpha value is -0.800. The van der Waals surface area contributed by atoms with E-state index < -0.39 is 0 Å². The quantitative estimate of drug-likeness (QED) is 0.876. The molecule has 3 heteroatoms. The summed E-state index contributed by atoms with van der Waals surface area (Å²) in [6, 6.07) is 7.98. The summed E-state index contributed by atoms with van der Waals surface area (Å²) in [5, 5.41) is 1.15. The maximum Gasteiger partial charge on any atom is 0.173 e. The third-order valence-electron chi connectivity index (χ3n) is 2.04. The number of nitrogens with two attached hydrogens (primary N) is 1. The second-order valence-electron chi connectivity index (χ2n) is 2.89. The fourth-order valence-electron chi connectivity index (χ4n) is 1.45. The van der Waals surface area contributed by atoms with Crippen LogP contribution >= 0.6 is 15.9 Å². The third kappa shape index (κ3) is 1.49. The van der Waals surface area contributed by atoms with Gasteiger partial charge in [-0.3, -0.25) is 0 Å². The first-order valence-corrected chi connectivity index (χ1v) is 4.98. The first-order chi connectivity index (χ1) is 6.33. The second kappa shape index (κ2) is 3.52. The van der Waals surface area contributed by atoms with Crippen molar-refractivity contribution in [3.63, 3.8) is 0 Å². The van der Waals surface area contributed by atoms with Gasteiger partial charge in [-0.25, -0.2) is 0 Å². The van der Waals surface area contributed by atoms with Gasteiger partial charge in [-0.05, 0) is 35.0 Å². The first-order valence-electron chi connectivity index (χ1n) is 4.19. The molecule has 0 unspecified atom stereocenters. The number of para-hydroxylation sites is 1. The second-order valence-corrected chi connectivity index (χ2v) is 3.61. The van der Waals surface area contributed by atoms with Gasteiger partial charge in [0, 0.05) is 10.9 Å². The fraction of sp³-hybridized carbons (Fsp3) is 0.200. The van der Waals surface area contributed by atoms with Crippen LogP contribution < -0.4 is 5.73 Å². The van der Waals surface area contributed by atoms with Crippen molar-refractivity contribution in [3.05, 3.63) is 34.5 Å². The van der Waals surface area contributed by atoms with Gasteiger partial charge in [0.25, 0.3) is 0 Å². The molecule has 0 saturated heterocycles. The first kappa shape index (κ1) is 8.78. The highest BCUT2D eigenvalue weighted by Crippen LogP contribution is 2.29.